The third-order valence-electron chi connectivity index (χ3n) is 2.25. The molecule has 104 valence electrons. The Morgan fingerprint density at radius 3 is 2.53 bits per heavy atom. The number of nitrogens with two attached hydrogens (primary N) is 1. The van der Waals surface area contributed by atoms with Crippen LogP contribution in [-0.4, -0.2) is 31.5 Å². The smallest absolute Gasteiger partial charge is 0.211 e. The van der Waals surface area contributed by atoms with E-state index in [2.05, 4.69) is 27.5 Å². The standard InChI is InChI=1S/C11H16N4O2S2/c1-2-19(16,17)13-8-10(14-15-11(12)18)9-6-4-3-5-7-9/h3-7,13H,2,8H2,1H3,(H3,12,15,18). The molecule has 0 spiro atoms. The van der Waals surface area contributed by atoms with Gasteiger partial charge in [0.15, 0.2) is 5.11 Å². The first-order chi connectivity index (χ1) is 8.94. The second-order valence-electron chi connectivity index (χ2n) is 3.63. The minimum atomic E-state index is -3.28. The number of sulfonamides is 1. The van der Waals surface area contributed by atoms with Gasteiger partial charge in [0, 0.05) is 0 Å². The van der Waals surface area contributed by atoms with Crippen molar-refractivity contribution >= 4 is 33.1 Å². The van der Waals surface area contributed by atoms with Gasteiger partial charge in [0.1, 0.15) is 0 Å². The van der Waals surface area contributed by atoms with Crippen molar-refractivity contribution in [2.45, 2.75) is 6.92 Å². The second-order valence-corrected chi connectivity index (χ2v) is 6.16. The highest BCUT2D eigenvalue weighted by Crippen LogP contribution is 2.01. The minimum absolute atomic E-state index is 0.0117. The van der Waals surface area contributed by atoms with Crippen LogP contribution in [0.25, 0.3) is 0 Å². The molecule has 0 saturated heterocycles. The molecule has 0 bridgehead atoms. The normalized spacial score (nSPS) is 12.2. The molecule has 0 aliphatic rings. The number of hydrogen-bond donors (Lipinski definition) is 3. The van der Waals surface area contributed by atoms with Crippen molar-refractivity contribution in [3.8, 4) is 0 Å². The van der Waals surface area contributed by atoms with E-state index in [1.165, 1.54) is 0 Å². The van der Waals surface area contributed by atoms with Crippen LogP contribution in [0.3, 0.4) is 0 Å². The summed E-state index contributed by atoms with van der Waals surface area (Å²) < 4.78 is 25.3. The van der Waals surface area contributed by atoms with Crippen molar-refractivity contribution in [3.63, 3.8) is 0 Å². The van der Waals surface area contributed by atoms with Crippen LogP contribution in [-0.2, 0) is 10.0 Å². The Labute approximate surface area is 118 Å². The molecular formula is C11H16N4O2S2. The molecule has 19 heavy (non-hydrogen) atoms. The molecule has 1 aromatic rings. The van der Waals surface area contributed by atoms with Crippen LogP contribution >= 0.6 is 12.2 Å². The minimum Gasteiger partial charge on any atom is -0.375 e. The highest BCUT2D eigenvalue weighted by Gasteiger charge is 2.10. The van der Waals surface area contributed by atoms with Crippen LogP contribution in [0.15, 0.2) is 35.4 Å². The molecule has 0 unspecified atom stereocenters. The Bertz CT molecular complexity index is 555. The van der Waals surface area contributed by atoms with Crippen LogP contribution < -0.4 is 15.9 Å². The van der Waals surface area contributed by atoms with Crippen molar-refractivity contribution in [3.05, 3.63) is 35.9 Å². The summed E-state index contributed by atoms with van der Waals surface area (Å²) >= 11 is 4.67. The fourth-order valence-corrected chi connectivity index (χ4v) is 1.85. The summed E-state index contributed by atoms with van der Waals surface area (Å²) in [5, 5.41) is 4.02. The molecular weight excluding hydrogens is 284 g/mol. The molecule has 0 aliphatic carbocycles. The maximum atomic E-state index is 11.4. The zero-order valence-electron chi connectivity index (χ0n) is 10.5. The molecule has 0 fully saturated rings. The van der Waals surface area contributed by atoms with Crippen LogP contribution in [0.1, 0.15) is 12.5 Å². The monoisotopic (exact) mass is 300 g/mol. The summed E-state index contributed by atoms with van der Waals surface area (Å²) in [6.07, 6.45) is 0. The maximum Gasteiger partial charge on any atom is 0.211 e. The Balaban J connectivity index is 2.88. The predicted molar refractivity (Wildman–Crippen MR) is 80.4 cm³/mol. The molecule has 4 N–H and O–H groups in total. The van der Waals surface area contributed by atoms with Gasteiger partial charge in [0.05, 0.1) is 18.0 Å². The number of thiocarbonyl (C=S) groups is 1. The van der Waals surface area contributed by atoms with E-state index in [0.29, 0.717) is 5.71 Å². The van der Waals surface area contributed by atoms with Crippen LogP contribution in [0, 0.1) is 0 Å². The lowest BCUT2D eigenvalue weighted by Crippen LogP contribution is -2.33. The number of hydrazone groups is 1. The molecule has 0 aromatic heterocycles. The van der Waals surface area contributed by atoms with E-state index < -0.39 is 10.0 Å². The largest absolute Gasteiger partial charge is 0.375 e. The summed E-state index contributed by atoms with van der Waals surface area (Å²) in [5.41, 5.74) is 9.05. The molecule has 0 aliphatic heterocycles. The summed E-state index contributed by atoms with van der Waals surface area (Å²) in [7, 11) is -3.28. The Morgan fingerprint density at radius 1 is 1.37 bits per heavy atom. The van der Waals surface area contributed by atoms with Crippen LogP contribution in [0.4, 0.5) is 0 Å². The third-order valence-corrected chi connectivity index (χ3v) is 3.68. The van der Waals surface area contributed by atoms with E-state index in [-0.39, 0.29) is 17.4 Å². The Morgan fingerprint density at radius 2 is 2.00 bits per heavy atom. The number of nitrogens with zero attached hydrogens (tertiary/aromatic N) is 1. The average molecular weight is 300 g/mol. The van der Waals surface area contributed by atoms with E-state index >= 15 is 0 Å². The van der Waals surface area contributed by atoms with Crippen molar-refractivity contribution < 1.29 is 8.42 Å². The van der Waals surface area contributed by atoms with Crippen molar-refractivity contribution in [1.82, 2.24) is 10.1 Å². The van der Waals surface area contributed by atoms with Crippen LogP contribution in [0.2, 0.25) is 0 Å². The van der Waals surface area contributed by atoms with Gasteiger partial charge in [-0.25, -0.2) is 13.1 Å². The van der Waals surface area contributed by atoms with Crippen molar-refractivity contribution in [1.29, 1.82) is 0 Å². The van der Waals surface area contributed by atoms with Gasteiger partial charge in [-0.15, -0.1) is 0 Å². The first-order valence-electron chi connectivity index (χ1n) is 5.59. The average Bonchev–Trinajstić information content (AvgIpc) is 2.39. The molecule has 0 amide bonds. The van der Waals surface area contributed by atoms with E-state index in [1.54, 1.807) is 6.92 Å². The SMILES string of the molecule is CCS(=O)(=O)NCC(=NNC(N)=S)c1ccccc1. The molecule has 0 atom stereocenters. The maximum absolute atomic E-state index is 11.4. The number of hydrogen-bond acceptors (Lipinski definition) is 4. The van der Waals surface area contributed by atoms with E-state index in [1.807, 2.05) is 30.3 Å². The number of benzene rings is 1. The molecule has 8 heteroatoms. The lowest BCUT2D eigenvalue weighted by molar-refractivity contribution is 0.587. The van der Waals surface area contributed by atoms with Gasteiger partial charge >= 0.3 is 0 Å². The summed E-state index contributed by atoms with van der Waals surface area (Å²) in [6.45, 7) is 1.63. The van der Waals surface area contributed by atoms with Gasteiger partial charge in [-0.2, -0.15) is 5.10 Å². The number of rotatable bonds is 6. The quantitative estimate of drug-likeness (QED) is 0.395. The lowest BCUT2D eigenvalue weighted by atomic mass is 10.1. The first-order valence-corrected chi connectivity index (χ1v) is 7.65. The van der Waals surface area contributed by atoms with Crippen molar-refractivity contribution in [2.24, 2.45) is 10.8 Å². The summed E-state index contributed by atoms with van der Waals surface area (Å²) in [4.78, 5) is 0. The third kappa shape index (κ3) is 5.77. The Hall–Kier alpha value is -1.51. The van der Waals surface area contributed by atoms with Gasteiger partial charge in [-0.3, -0.25) is 5.43 Å². The van der Waals surface area contributed by atoms with Gasteiger partial charge < -0.3 is 5.73 Å². The second kappa shape index (κ2) is 7.17. The molecule has 0 heterocycles. The predicted octanol–water partition coefficient (Wildman–Crippen LogP) is 0.163. The van der Waals surface area contributed by atoms with Crippen LogP contribution in [0.5, 0.6) is 0 Å². The van der Waals surface area contributed by atoms with E-state index in [4.69, 9.17) is 5.73 Å². The summed E-state index contributed by atoms with van der Waals surface area (Å²) in [5.74, 6) is 0.0117. The van der Waals surface area contributed by atoms with Gasteiger partial charge in [0.2, 0.25) is 10.0 Å². The molecule has 6 nitrogen and oxygen atoms in total. The van der Waals surface area contributed by atoms with Gasteiger partial charge in [-0.1, -0.05) is 30.3 Å². The number of nitrogens with one attached hydrogen (secondary N) is 2. The Kier molecular flexibility index (Phi) is 5.87. The fraction of sp³-hybridized carbons (Fsp3) is 0.273. The van der Waals surface area contributed by atoms with Gasteiger partial charge in [-0.05, 0) is 24.7 Å². The van der Waals surface area contributed by atoms with Gasteiger partial charge in [0.25, 0.3) is 0 Å². The van der Waals surface area contributed by atoms with E-state index in [9.17, 15) is 8.42 Å². The van der Waals surface area contributed by atoms with E-state index in [0.717, 1.165) is 5.56 Å². The highest BCUT2D eigenvalue weighted by atomic mass is 32.2. The zero-order valence-corrected chi connectivity index (χ0v) is 12.1. The summed E-state index contributed by atoms with van der Waals surface area (Å²) in [6, 6.07) is 9.17. The molecule has 0 saturated carbocycles. The molecule has 0 radical (unpaired) electrons. The highest BCUT2D eigenvalue weighted by molar-refractivity contribution is 7.89. The first kappa shape index (κ1) is 15.5. The topological polar surface area (TPSA) is 96.6 Å². The zero-order chi connectivity index (χ0) is 14.3. The van der Waals surface area contributed by atoms with Crippen molar-refractivity contribution in [2.75, 3.05) is 12.3 Å². The lowest BCUT2D eigenvalue weighted by Gasteiger charge is -2.08. The fourth-order valence-electron chi connectivity index (χ4n) is 1.24. The molecule has 1 aromatic carbocycles. The molecule has 1 rings (SSSR count).